The van der Waals surface area contributed by atoms with Crippen molar-refractivity contribution in [2.24, 2.45) is 0 Å². The van der Waals surface area contributed by atoms with Crippen LogP contribution in [-0.2, 0) is 6.54 Å². The standard InChI is InChI=1S/C22H19ClN2O3/c23-17-5-3-14(4-6-17)22-16(11-25-7-1-2-18(25)12-26)8-15-9-20-21(28-13-27-20)10-19(15)24-22/h1-6,8-10,18,26H,7,11-13H2/t18-/m0/s1. The van der Waals surface area contributed by atoms with E-state index < -0.39 is 0 Å². The van der Waals surface area contributed by atoms with Crippen LogP contribution in [0.15, 0.2) is 54.6 Å². The molecule has 2 aliphatic rings. The molecule has 0 saturated carbocycles. The Morgan fingerprint density at radius 3 is 2.68 bits per heavy atom. The van der Waals surface area contributed by atoms with Gasteiger partial charge in [0, 0.05) is 35.1 Å². The molecule has 1 aromatic heterocycles. The summed E-state index contributed by atoms with van der Waals surface area (Å²) in [6, 6.07) is 13.8. The van der Waals surface area contributed by atoms with E-state index in [1.54, 1.807) is 0 Å². The summed E-state index contributed by atoms with van der Waals surface area (Å²) in [4.78, 5) is 7.19. The molecule has 0 aliphatic carbocycles. The first-order valence-corrected chi connectivity index (χ1v) is 9.60. The maximum absolute atomic E-state index is 9.66. The molecule has 142 valence electrons. The molecule has 1 atom stereocenters. The molecule has 0 unspecified atom stereocenters. The van der Waals surface area contributed by atoms with Crippen LogP contribution in [0.25, 0.3) is 22.2 Å². The van der Waals surface area contributed by atoms with E-state index in [2.05, 4.69) is 23.1 Å². The maximum Gasteiger partial charge on any atom is 0.231 e. The lowest BCUT2D eigenvalue weighted by atomic mass is 10.0. The number of pyridine rings is 1. The van der Waals surface area contributed by atoms with Crippen LogP contribution in [0.3, 0.4) is 0 Å². The summed E-state index contributed by atoms with van der Waals surface area (Å²) in [5.41, 5.74) is 3.87. The quantitative estimate of drug-likeness (QED) is 0.677. The van der Waals surface area contributed by atoms with E-state index in [4.69, 9.17) is 26.1 Å². The third kappa shape index (κ3) is 3.11. The van der Waals surface area contributed by atoms with Crippen LogP contribution in [-0.4, -0.2) is 41.0 Å². The van der Waals surface area contributed by atoms with Gasteiger partial charge in [0.2, 0.25) is 6.79 Å². The molecule has 1 N–H and O–H groups in total. The first-order chi connectivity index (χ1) is 13.7. The minimum atomic E-state index is 0.0329. The van der Waals surface area contributed by atoms with E-state index >= 15 is 0 Å². The molecule has 28 heavy (non-hydrogen) atoms. The predicted octanol–water partition coefficient (Wildman–Crippen LogP) is 4.02. The summed E-state index contributed by atoms with van der Waals surface area (Å²) in [6.07, 6.45) is 4.14. The number of benzene rings is 2. The molecule has 0 radical (unpaired) electrons. The molecular formula is C22H19ClN2O3. The van der Waals surface area contributed by atoms with Gasteiger partial charge in [-0.1, -0.05) is 35.9 Å². The highest BCUT2D eigenvalue weighted by molar-refractivity contribution is 6.30. The lowest BCUT2D eigenvalue weighted by molar-refractivity contribution is 0.169. The Morgan fingerprint density at radius 1 is 1.11 bits per heavy atom. The molecule has 0 amide bonds. The number of ether oxygens (including phenoxy) is 2. The van der Waals surface area contributed by atoms with Crippen LogP contribution < -0.4 is 9.47 Å². The highest BCUT2D eigenvalue weighted by Crippen LogP contribution is 2.37. The third-order valence-electron chi connectivity index (χ3n) is 5.23. The Labute approximate surface area is 167 Å². The topological polar surface area (TPSA) is 54.8 Å². The van der Waals surface area contributed by atoms with Crippen molar-refractivity contribution < 1.29 is 14.6 Å². The Morgan fingerprint density at radius 2 is 1.89 bits per heavy atom. The number of aromatic nitrogens is 1. The number of nitrogens with zero attached hydrogens (tertiary/aromatic N) is 2. The van der Waals surface area contributed by atoms with Crippen molar-refractivity contribution in [1.82, 2.24) is 9.88 Å². The maximum atomic E-state index is 9.66. The number of aliphatic hydroxyl groups excluding tert-OH is 1. The zero-order chi connectivity index (χ0) is 19.1. The van der Waals surface area contributed by atoms with Crippen LogP contribution in [0.5, 0.6) is 11.5 Å². The second-order valence-electron chi connectivity index (χ2n) is 7.01. The van der Waals surface area contributed by atoms with E-state index in [9.17, 15) is 5.11 Å². The molecule has 6 heteroatoms. The number of fused-ring (bicyclic) bond motifs is 2. The minimum absolute atomic E-state index is 0.0329. The molecule has 0 saturated heterocycles. The Kier molecular flexibility index (Phi) is 4.43. The average Bonchev–Trinajstić information content (AvgIpc) is 3.35. The number of halogens is 1. The zero-order valence-electron chi connectivity index (χ0n) is 15.1. The Bertz CT molecular complexity index is 1070. The molecule has 3 heterocycles. The van der Waals surface area contributed by atoms with Gasteiger partial charge in [0.05, 0.1) is 23.9 Å². The molecule has 5 nitrogen and oxygen atoms in total. The van der Waals surface area contributed by atoms with Gasteiger partial charge < -0.3 is 14.6 Å². The minimum Gasteiger partial charge on any atom is -0.454 e. The van der Waals surface area contributed by atoms with Gasteiger partial charge in [-0.3, -0.25) is 4.90 Å². The first kappa shape index (κ1) is 17.5. The van der Waals surface area contributed by atoms with Crippen molar-refractivity contribution >= 4 is 22.5 Å². The van der Waals surface area contributed by atoms with Crippen LogP contribution in [0.2, 0.25) is 5.02 Å². The molecule has 3 aromatic rings. The van der Waals surface area contributed by atoms with Gasteiger partial charge in [0.25, 0.3) is 0 Å². The van der Waals surface area contributed by atoms with Crippen LogP contribution in [0.4, 0.5) is 0 Å². The summed E-state index contributed by atoms with van der Waals surface area (Å²) in [5, 5.41) is 11.4. The monoisotopic (exact) mass is 394 g/mol. The lowest BCUT2D eigenvalue weighted by Crippen LogP contribution is -2.32. The van der Waals surface area contributed by atoms with Crippen molar-refractivity contribution in [3.63, 3.8) is 0 Å². The van der Waals surface area contributed by atoms with Crippen LogP contribution >= 0.6 is 11.6 Å². The Hall–Kier alpha value is -2.60. The lowest BCUT2D eigenvalue weighted by Gasteiger charge is -2.24. The normalized spacial score (nSPS) is 18.3. The van der Waals surface area contributed by atoms with Gasteiger partial charge in [-0.2, -0.15) is 0 Å². The van der Waals surface area contributed by atoms with Crippen molar-refractivity contribution in [3.8, 4) is 22.8 Å². The summed E-state index contributed by atoms with van der Waals surface area (Å²) in [7, 11) is 0. The van der Waals surface area contributed by atoms with E-state index in [0.29, 0.717) is 11.6 Å². The molecule has 0 bridgehead atoms. The van der Waals surface area contributed by atoms with Crippen LogP contribution in [0, 0.1) is 0 Å². The van der Waals surface area contributed by atoms with E-state index in [-0.39, 0.29) is 19.4 Å². The van der Waals surface area contributed by atoms with Gasteiger partial charge in [-0.05, 0) is 29.8 Å². The zero-order valence-corrected chi connectivity index (χ0v) is 15.9. The van der Waals surface area contributed by atoms with Gasteiger partial charge in [-0.15, -0.1) is 0 Å². The van der Waals surface area contributed by atoms with Gasteiger partial charge in [0.1, 0.15) is 0 Å². The summed E-state index contributed by atoms with van der Waals surface area (Å²) >= 11 is 6.08. The van der Waals surface area contributed by atoms with Crippen LogP contribution in [0.1, 0.15) is 5.56 Å². The fraction of sp³-hybridized carbons (Fsp3) is 0.227. The molecule has 0 spiro atoms. The van der Waals surface area contributed by atoms with Crippen molar-refractivity contribution in [3.05, 3.63) is 65.2 Å². The molecule has 2 aliphatic heterocycles. The third-order valence-corrected chi connectivity index (χ3v) is 5.49. The van der Waals surface area contributed by atoms with E-state index in [1.165, 1.54) is 0 Å². The second-order valence-corrected chi connectivity index (χ2v) is 7.45. The fourth-order valence-electron chi connectivity index (χ4n) is 3.77. The first-order valence-electron chi connectivity index (χ1n) is 9.22. The molecule has 0 fully saturated rings. The number of hydrogen-bond acceptors (Lipinski definition) is 5. The molecule has 2 aromatic carbocycles. The number of hydrogen-bond donors (Lipinski definition) is 1. The summed E-state index contributed by atoms with van der Waals surface area (Å²) in [6.45, 7) is 1.84. The van der Waals surface area contributed by atoms with Gasteiger partial charge in [-0.25, -0.2) is 4.98 Å². The smallest absolute Gasteiger partial charge is 0.231 e. The van der Waals surface area contributed by atoms with Crippen molar-refractivity contribution in [2.45, 2.75) is 12.6 Å². The fourth-order valence-corrected chi connectivity index (χ4v) is 3.90. The van der Waals surface area contributed by atoms with Gasteiger partial charge in [0.15, 0.2) is 11.5 Å². The van der Waals surface area contributed by atoms with Crippen molar-refractivity contribution in [2.75, 3.05) is 19.9 Å². The second kappa shape index (κ2) is 7.09. The average molecular weight is 395 g/mol. The highest BCUT2D eigenvalue weighted by atomic mass is 35.5. The van der Waals surface area contributed by atoms with Crippen molar-refractivity contribution in [1.29, 1.82) is 0 Å². The molecular weight excluding hydrogens is 376 g/mol. The van der Waals surface area contributed by atoms with E-state index in [1.807, 2.05) is 36.4 Å². The van der Waals surface area contributed by atoms with E-state index in [0.717, 1.165) is 45.8 Å². The largest absolute Gasteiger partial charge is 0.454 e. The highest BCUT2D eigenvalue weighted by Gasteiger charge is 2.22. The van der Waals surface area contributed by atoms with Gasteiger partial charge >= 0.3 is 0 Å². The molecule has 5 rings (SSSR count). The summed E-state index contributed by atoms with van der Waals surface area (Å²) in [5.74, 6) is 1.47. The predicted molar refractivity (Wildman–Crippen MR) is 109 cm³/mol. The number of rotatable bonds is 4. The number of aliphatic hydroxyl groups is 1. The summed E-state index contributed by atoms with van der Waals surface area (Å²) < 4.78 is 11.0. The Balaban J connectivity index is 1.63. The SMILES string of the molecule is OC[C@@H]1C=CCN1Cc1cc2cc3c(cc2nc1-c1ccc(Cl)cc1)OCO3.